The zero-order valence-electron chi connectivity index (χ0n) is 14.0. The van der Waals surface area contributed by atoms with E-state index in [1.165, 1.54) is 0 Å². The SMILES string of the molecule is C=C(C)N1CC(OC)C(OC)C1.CC.CC.CC. The Bertz CT molecular complexity index is 160. The fourth-order valence-corrected chi connectivity index (χ4v) is 1.51. The molecule has 18 heavy (non-hydrogen) atoms. The molecule has 0 amide bonds. The van der Waals surface area contributed by atoms with Gasteiger partial charge >= 0.3 is 0 Å². The fraction of sp³-hybridized carbons (Fsp3) is 0.867. The van der Waals surface area contributed by atoms with Gasteiger partial charge in [-0.25, -0.2) is 0 Å². The molecular formula is C15H35NO2. The highest BCUT2D eigenvalue weighted by atomic mass is 16.5. The molecule has 2 unspecified atom stereocenters. The van der Waals surface area contributed by atoms with Crippen molar-refractivity contribution >= 4 is 0 Å². The summed E-state index contributed by atoms with van der Waals surface area (Å²) in [6, 6.07) is 0. The lowest BCUT2D eigenvalue weighted by atomic mass is 10.3. The van der Waals surface area contributed by atoms with Crippen molar-refractivity contribution in [3.8, 4) is 0 Å². The number of hydrogen-bond donors (Lipinski definition) is 0. The van der Waals surface area contributed by atoms with E-state index in [1.54, 1.807) is 14.2 Å². The molecule has 1 aliphatic rings. The number of allylic oxidation sites excluding steroid dienone is 1. The molecule has 1 rings (SSSR count). The zero-order chi connectivity index (χ0) is 15.1. The number of hydrogen-bond acceptors (Lipinski definition) is 3. The predicted octanol–water partition coefficient (Wildman–Crippen LogP) is 3.94. The van der Waals surface area contributed by atoms with Crippen molar-refractivity contribution in [3.05, 3.63) is 12.3 Å². The third kappa shape index (κ3) is 8.54. The van der Waals surface area contributed by atoms with E-state index in [2.05, 4.69) is 11.5 Å². The van der Waals surface area contributed by atoms with E-state index in [1.807, 2.05) is 48.5 Å². The van der Waals surface area contributed by atoms with Gasteiger partial charge in [-0.05, 0) is 6.92 Å². The fourth-order valence-electron chi connectivity index (χ4n) is 1.51. The van der Waals surface area contributed by atoms with Crippen molar-refractivity contribution in [2.75, 3.05) is 27.3 Å². The summed E-state index contributed by atoms with van der Waals surface area (Å²) in [7, 11) is 3.44. The first kappa shape index (κ1) is 22.6. The normalized spacial score (nSPS) is 20.6. The van der Waals surface area contributed by atoms with Crippen LogP contribution in [0, 0.1) is 0 Å². The van der Waals surface area contributed by atoms with Crippen LogP contribution in [-0.4, -0.2) is 44.4 Å². The van der Waals surface area contributed by atoms with Crippen LogP contribution >= 0.6 is 0 Å². The summed E-state index contributed by atoms with van der Waals surface area (Å²) in [5.74, 6) is 0. The summed E-state index contributed by atoms with van der Waals surface area (Å²) < 4.78 is 10.6. The molecule has 3 nitrogen and oxygen atoms in total. The lowest BCUT2D eigenvalue weighted by molar-refractivity contribution is -0.00461. The molecule has 0 aromatic heterocycles. The maximum absolute atomic E-state index is 5.29. The number of rotatable bonds is 3. The van der Waals surface area contributed by atoms with Crippen LogP contribution in [0.25, 0.3) is 0 Å². The highest BCUT2D eigenvalue weighted by Gasteiger charge is 2.32. The van der Waals surface area contributed by atoms with E-state index in [0.29, 0.717) is 0 Å². The molecule has 1 fully saturated rings. The topological polar surface area (TPSA) is 21.7 Å². The first-order valence-corrected chi connectivity index (χ1v) is 7.15. The second-order valence-electron chi connectivity index (χ2n) is 3.19. The summed E-state index contributed by atoms with van der Waals surface area (Å²) in [4.78, 5) is 2.18. The molecule has 0 aromatic rings. The minimum absolute atomic E-state index is 0.187. The standard InChI is InChI=1S/C9H17NO2.3C2H6/c1-7(2)10-5-8(11-3)9(6-10)12-4;3*1-2/h8-9H,1,5-6H2,2-4H3;3*1-2H3. The van der Waals surface area contributed by atoms with Crippen molar-refractivity contribution in [2.24, 2.45) is 0 Å². The highest BCUT2D eigenvalue weighted by Crippen LogP contribution is 2.18. The van der Waals surface area contributed by atoms with Crippen LogP contribution in [0.15, 0.2) is 12.3 Å². The second kappa shape index (κ2) is 16.5. The Hall–Kier alpha value is -0.540. The third-order valence-corrected chi connectivity index (χ3v) is 2.36. The first-order chi connectivity index (χ1) is 8.69. The second-order valence-corrected chi connectivity index (χ2v) is 3.19. The summed E-state index contributed by atoms with van der Waals surface area (Å²) in [5, 5.41) is 0. The summed E-state index contributed by atoms with van der Waals surface area (Å²) >= 11 is 0. The van der Waals surface area contributed by atoms with Gasteiger partial charge in [0, 0.05) is 33.0 Å². The predicted molar refractivity (Wildman–Crippen MR) is 82.0 cm³/mol. The Morgan fingerprint density at radius 1 is 0.889 bits per heavy atom. The zero-order valence-corrected chi connectivity index (χ0v) is 14.0. The van der Waals surface area contributed by atoms with Crippen molar-refractivity contribution < 1.29 is 9.47 Å². The number of ether oxygens (including phenoxy) is 2. The lowest BCUT2D eigenvalue weighted by Crippen LogP contribution is -2.27. The number of methoxy groups -OCH3 is 2. The number of likely N-dealkylation sites (tertiary alicyclic amines) is 1. The average Bonchev–Trinajstić information content (AvgIpc) is 2.89. The summed E-state index contributed by atoms with van der Waals surface area (Å²) in [5.41, 5.74) is 1.08. The van der Waals surface area contributed by atoms with Crippen LogP contribution in [0.3, 0.4) is 0 Å². The summed E-state index contributed by atoms with van der Waals surface area (Å²) in [6.07, 6.45) is 0.374. The molecule has 0 saturated carbocycles. The van der Waals surface area contributed by atoms with Gasteiger partial charge in [0.15, 0.2) is 0 Å². The van der Waals surface area contributed by atoms with Crippen LogP contribution in [0.5, 0.6) is 0 Å². The minimum atomic E-state index is 0.187. The Morgan fingerprint density at radius 2 is 1.17 bits per heavy atom. The maximum Gasteiger partial charge on any atom is 0.102 e. The molecule has 2 atom stereocenters. The van der Waals surface area contributed by atoms with Gasteiger partial charge in [-0.3, -0.25) is 0 Å². The van der Waals surface area contributed by atoms with Crippen molar-refractivity contribution in [1.29, 1.82) is 0 Å². The molecule has 1 saturated heterocycles. The van der Waals surface area contributed by atoms with Gasteiger partial charge in [0.2, 0.25) is 0 Å². The van der Waals surface area contributed by atoms with Crippen LogP contribution < -0.4 is 0 Å². The van der Waals surface area contributed by atoms with Gasteiger partial charge in [0.25, 0.3) is 0 Å². The van der Waals surface area contributed by atoms with E-state index in [4.69, 9.17) is 9.47 Å². The van der Waals surface area contributed by atoms with Crippen molar-refractivity contribution in [1.82, 2.24) is 4.90 Å². The lowest BCUT2D eigenvalue weighted by Gasteiger charge is -2.16. The molecule has 1 aliphatic heterocycles. The molecule has 0 N–H and O–H groups in total. The van der Waals surface area contributed by atoms with E-state index in [-0.39, 0.29) is 12.2 Å². The highest BCUT2D eigenvalue weighted by molar-refractivity contribution is 4.98. The maximum atomic E-state index is 5.29. The van der Waals surface area contributed by atoms with Crippen LogP contribution in [0.4, 0.5) is 0 Å². The Kier molecular flexibility index (Phi) is 20.7. The minimum Gasteiger partial charge on any atom is -0.377 e. The molecular weight excluding hydrogens is 226 g/mol. The Balaban J connectivity index is -0.000000328. The van der Waals surface area contributed by atoms with Crippen LogP contribution in [0.1, 0.15) is 48.5 Å². The van der Waals surface area contributed by atoms with Gasteiger partial charge in [0.05, 0.1) is 0 Å². The van der Waals surface area contributed by atoms with E-state index >= 15 is 0 Å². The molecule has 112 valence electrons. The Morgan fingerprint density at radius 3 is 1.33 bits per heavy atom. The van der Waals surface area contributed by atoms with Gasteiger partial charge in [-0.15, -0.1) is 0 Å². The smallest absolute Gasteiger partial charge is 0.102 e. The van der Waals surface area contributed by atoms with Crippen molar-refractivity contribution in [3.63, 3.8) is 0 Å². The van der Waals surface area contributed by atoms with E-state index < -0.39 is 0 Å². The van der Waals surface area contributed by atoms with Crippen molar-refractivity contribution in [2.45, 2.75) is 60.7 Å². The monoisotopic (exact) mass is 261 g/mol. The van der Waals surface area contributed by atoms with Crippen LogP contribution in [0.2, 0.25) is 0 Å². The largest absolute Gasteiger partial charge is 0.377 e. The molecule has 0 bridgehead atoms. The molecule has 0 spiro atoms. The molecule has 0 aliphatic carbocycles. The van der Waals surface area contributed by atoms with Gasteiger partial charge in [-0.2, -0.15) is 0 Å². The molecule has 3 heteroatoms. The van der Waals surface area contributed by atoms with Gasteiger partial charge in [-0.1, -0.05) is 48.1 Å². The molecule has 1 heterocycles. The average molecular weight is 261 g/mol. The first-order valence-electron chi connectivity index (χ1n) is 7.15. The van der Waals surface area contributed by atoms with Gasteiger partial charge in [0.1, 0.15) is 12.2 Å². The third-order valence-electron chi connectivity index (χ3n) is 2.36. The molecule has 0 aromatic carbocycles. The van der Waals surface area contributed by atoms with Gasteiger partial charge < -0.3 is 14.4 Å². The Labute approximate surface area is 115 Å². The molecule has 0 radical (unpaired) electrons. The van der Waals surface area contributed by atoms with E-state index in [9.17, 15) is 0 Å². The van der Waals surface area contributed by atoms with E-state index in [0.717, 1.165) is 18.8 Å². The van der Waals surface area contributed by atoms with Crippen LogP contribution in [-0.2, 0) is 9.47 Å². The quantitative estimate of drug-likeness (QED) is 0.768. The number of nitrogens with zero attached hydrogens (tertiary/aromatic N) is 1. The summed E-state index contributed by atoms with van der Waals surface area (Å²) in [6.45, 7) is 19.7.